The first-order valence-corrected chi connectivity index (χ1v) is 9.62. The molecule has 1 aromatic carbocycles. The number of thiophene rings is 1. The van der Waals surface area contributed by atoms with E-state index in [0.717, 1.165) is 32.6 Å². The number of hydrogen-bond acceptors (Lipinski definition) is 7. The van der Waals surface area contributed by atoms with E-state index in [9.17, 15) is 9.90 Å². The van der Waals surface area contributed by atoms with E-state index in [0.29, 0.717) is 22.9 Å². The Bertz CT molecular complexity index is 918. The van der Waals surface area contributed by atoms with Gasteiger partial charge in [-0.15, -0.1) is 11.3 Å². The zero-order chi connectivity index (χ0) is 18.7. The van der Waals surface area contributed by atoms with Gasteiger partial charge < -0.3 is 9.84 Å². The van der Waals surface area contributed by atoms with Gasteiger partial charge >= 0.3 is 0 Å². The van der Waals surface area contributed by atoms with Crippen LogP contribution in [0.15, 0.2) is 30.3 Å². The largest absolute Gasteiger partial charge is 0.497 e. The lowest BCUT2D eigenvalue weighted by atomic mass is 10.1. The molecule has 2 aromatic heterocycles. The number of nitrogens with zero attached hydrogens (tertiary/aromatic N) is 2. The van der Waals surface area contributed by atoms with Gasteiger partial charge in [0.2, 0.25) is 5.13 Å². The Morgan fingerprint density at radius 1 is 1.38 bits per heavy atom. The fraction of sp³-hybridized carbons (Fsp3) is 0.278. The first kappa shape index (κ1) is 18.5. The third-order valence-electron chi connectivity index (χ3n) is 3.68. The molecule has 0 aliphatic carbocycles. The van der Waals surface area contributed by atoms with Crippen molar-refractivity contribution in [3.05, 3.63) is 46.6 Å². The summed E-state index contributed by atoms with van der Waals surface area (Å²) < 4.78 is 9.41. The molecule has 3 aromatic rings. The lowest BCUT2D eigenvalue weighted by Crippen LogP contribution is -2.12. The Morgan fingerprint density at radius 3 is 2.92 bits per heavy atom. The van der Waals surface area contributed by atoms with Crippen LogP contribution < -0.4 is 10.1 Å². The third kappa shape index (κ3) is 4.27. The van der Waals surface area contributed by atoms with Gasteiger partial charge in [0, 0.05) is 27.7 Å². The summed E-state index contributed by atoms with van der Waals surface area (Å²) in [6, 6.07) is 9.62. The van der Waals surface area contributed by atoms with Crippen LogP contribution in [0.1, 0.15) is 28.0 Å². The number of hydrogen-bond donors (Lipinski definition) is 2. The first-order chi connectivity index (χ1) is 12.5. The van der Waals surface area contributed by atoms with Crippen molar-refractivity contribution in [2.24, 2.45) is 0 Å². The molecule has 1 amide bonds. The number of carbonyl (C=O) groups is 1. The number of anilines is 1. The summed E-state index contributed by atoms with van der Waals surface area (Å²) in [5.74, 6) is 1.09. The molecular formula is C18H19N3O3S2. The van der Waals surface area contributed by atoms with Gasteiger partial charge in [0.25, 0.3) is 5.91 Å². The molecule has 26 heavy (non-hydrogen) atoms. The predicted molar refractivity (Wildman–Crippen MR) is 104 cm³/mol. The van der Waals surface area contributed by atoms with Crippen LogP contribution in [0.5, 0.6) is 5.75 Å². The molecule has 0 spiro atoms. The van der Waals surface area contributed by atoms with Gasteiger partial charge in [-0.2, -0.15) is 4.37 Å². The fourth-order valence-corrected chi connectivity index (χ4v) is 4.05. The highest BCUT2D eigenvalue weighted by atomic mass is 32.1. The highest BCUT2D eigenvalue weighted by Crippen LogP contribution is 2.33. The Hall–Kier alpha value is -2.29. The van der Waals surface area contributed by atoms with Gasteiger partial charge in [0.1, 0.15) is 11.6 Å². The molecule has 0 saturated heterocycles. The monoisotopic (exact) mass is 389 g/mol. The minimum absolute atomic E-state index is 0.215. The SMILES string of the molecule is COc1cccc(-c2cc(C(=O)Nc3nc(CC(C)O)ns3)c(C)s2)c1. The second-order valence-electron chi connectivity index (χ2n) is 5.84. The van der Waals surface area contributed by atoms with Crippen LogP contribution in [0, 0.1) is 6.92 Å². The second kappa shape index (κ2) is 7.94. The standard InChI is InChI=1S/C18H19N3O3S2/c1-10(22)7-16-19-18(26-21-16)20-17(23)14-9-15(25-11(14)2)12-5-4-6-13(8-12)24-3/h4-6,8-10,22H,7H2,1-3H3,(H,19,20,21,23). The van der Waals surface area contributed by atoms with Crippen LogP contribution in [0.25, 0.3) is 10.4 Å². The Labute approximate surface area is 159 Å². The van der Waals surface area contributed by atoms with Crippen molar-refractivity contribution in [1.82, 2.24) is 9.36 Å². The highest BCUT2D eigenvalue weighted by Gasteiger charge is 2.17. The van der Waals surface area contributed by atoms with E-state index in [1.807, 2.05) is 37.3 Å². The van der Waals surface area contributed by atoms with Crippen molar-refractivity contribution in [1.29, 1.82) is 0 Å². The number of ether oxygens (including phenoxy) is 1. The second-order valence-corrected chi connectivity index (χ2v) is 7.84. The van der Waals surface area contributed by atoms with Crippen molar-refractivity contribution in [3.8, 4) is 16.2 Å². The van der Waals surface area contributed by atoms with Gasteiger partial charge in [-0.3, -0.25) is 10.1 Å². The fourth-order valence-electron chi connectivity index (χ4n) is 2.44. The lowest BCUT2D eigenvalue weighted by Gasteiger charge is -2.02. The van der Waals surface area contributed by atoms with Crippen molar-refractivity contribution < 1.29 is 14.6 Å². The van der Waals surface area contributed by atoms with Crippen LogP contribution in [-0.4, -0.2) is 33.6 Å². The van der Waals surface area contributed by atoms with Crippen LogP contribution in [0.2, 0.25) is 0 Å². The van der Waals surface area contributed by atoms with Crippen molar-refractivity contribution >= 4 is 33.9 Å². The number of benzene rings is 1. The van der Waals surface area contributed by atoms with Crippen molar-refractivity contribution in [3.63, 3.8) is 0 Å². The molecule has 0 aliphatic heterocycles. The number of aromatic nitrogens is 2. The quantitative estimate of drug-likeness (QED) is 0.671. The summed E-state index contributed by atoms with van der Waals surface area (Å²) in [5.41, 5.74) is 1.62. The average molecular weight is 390 g/mol. The maximum atomic E-state index is 12.6. The molecule has 8 heteroatoms. The summed E-state index contributed by atoms with van der Waals surface area (Å²) >= 11 is 2.67. The summed E-state index contributed by atoms with van der Waals surface area (Å²) in [6.07, 6.45) is -0.151. The van der Waals surface area contributed by atoms with Crippen LogP contribution in [-0.2, 0) is 6.42 Å². The molecule has 2 N–H and O–H groups in total. The van der Waals surface area contributed by atoms with Gasteiger partial charge in [0.15, 0.2) is 0 Å². The topological polar surface area (TPSA) is 84.3 Å². The number of aliphatic hydroxyl groups is 1. The third-order valence-corrected chi connectivity index (χ3v) is 5.45. The summed E-state index contributed by atoms with van der Waals surface area (Å²) in [6.45, 7) is 3.59. The van der Waals surface area contributed by atoms with Gasteiger partial charge in [-0.1, -0.05) is 12.1 Å². The maximum absolute atomic E-state index is 12.6. The van der Waals surface area contributed by atoms with Crippen LogP contribution in [0.4, 0.5) is 5.13 Å². The molecule has 0 bridgehead atoms. The normalized spacial score (nSPS) is 12.0. The zero-order valence-electron chi connectivity index (χ0n) is 14.6. The van der Waals surface area contributed by atoms with E-state index in [4.69, 9.17) is 4.74 Å². The van der Waals surface area contributed by atoms with E-state index in [1.165, 1.54) is 0 Å². The molecule has 0 aliphatic rings. The van der Waals surface area contributed by atoms with Gasteiger partial charge in [-0.05, 0) is 37.6 Å². The molecule has 1 unspecified atom stereocenters. The van der Waals surface area contributed by atoms with E-state index < -0.39 is 6.10 Å². The average Bonchev–Trinajstić information content (AvgIpc) is 3.20. The predicted octanol–water partition coefficient (Wildman–Crippen LogP) is 3.76. The number of nitrogens with one attached hydrogen (secondary N) is 1. The number of aliphatic hydroxyl groups excluding tert-OH is 1. The molecule has 136 valence electrons. The summed E-state index contributed by atoms with van der Waals surface area (Å²) in [5, 5.41) is 12.6. The number of aryl methyl sites for hydroxylation is 1. The molecule has 3 rings (SSSR count). The molecule has 6 nitrogen and oxygen atoms in total. The van der Waals surface area contributed by atoms with Gasteiger partial charge in [0.05, 0.1) is 18.8 Å². The van der Waals surface area contributed by atoms with E-state index in [-0.39, 0.29) is 5.91 Å². The zero-order valence-corrected chi connectivity index (χ0v) is 16.3. The van der Waals surface area contributed by atoms with E-state index in [1.54, 1.807) is 25.4 Å². The minimum Gasteiger partial charge on any atom is -0.497 e. The molecule has 0 saturated carbocycles. The Kier molecular flexibility index (Phi) is 5.65. The Balaban J connectivity index is 1.77. The van der Waals surface area contributed by atoms with Crippen LogP contribution >= 0.6 is 22.9 Å². The summed E-state index contributed by atoms with van der Waals surface area (Å²) in [4.78, 5) is 18.8. The van der Waals surface area contributed by atoms with E-state index in [2.05, 4.69) is 14.7 Å². The number of rotatable bonds is 6. The molecule has 1 atom stereocenters. The number of carbonyl (C=O) groups excluding carboxylic acids is 1. The smallest absolute Gasteiger partial charge is 0.258 e. The lowest BCUT2D eigenvalue weighted by molar-refractivity contribution is 0.102. The molecule has 2 heterocycles. The van der Waals surface area contributed by atoms with Crippen molar-refractivity contribution in [2.45, 2.75) is 26.4 Å². The molecular weight excluding hydrogens is 370 g/mol. The van der Waals surface area contributed by atoms with Gasteiger partial charge in [-0.25, -0.2) is 4.98 Å². The highest BCUT2D eigenvalue weighted by molar-refractivity contribution is 7.15. The molecule has 0 fully saturated rings. The summed E-state index contributed by atoms with van der Waals surface area (Å²) in [7, 11) is 1.63. The Morgan fingerprint density at radius 2 is 2.19 bits per heavy atom. The number of methoxy groups -OCH3 is 1. The van der Waals surface area contributed by atoms with E-state index >= 15 is 0 Å². The maximum Gasteiger partial charge on any atom is 0.258 e. The first-order valence-electron chi connectivity index (χ1n) is 8.03. The number of amides is 1. The molecule has 0 radical (unpaired) electrons. The van der Waals surface area contributed by atoms with Crippen LogP contribution in [0.3, 0.4) is 0 Å². The minimum atomic E-state index is -0.516. The van der Waals surface area contributed by atoms with Crippen molar-refractivity contribution in [2.75, 3.05) is 12.4 Å².